The Morgan fingerprint density at radius 3 is 1.13 bits per heavy atom. The van der Waals surface area contributed by atoms with E-state index in [1.165, 1.54) is 23.5 Å². The lowest BCUT2D eigenvalue weighted by atomic mass is 9.95. The smallest absolute Gasteiger partial charge is 0.113 e. The van der Waals surface area contributed by atoms with E-state index in [9.17, 15) is 0 Å². The summed E-state index contributed by atoms with van der Waals surface area (Å²) in [7, 11) is 0. The molecule has 6 nitrogen and oxygen atoms in total. The van der Waals surface area contributed by atoms with Gasteiger partial charge in [0.25, 0.3) is 0 Å². The monoisotopic (exact) mass is 424 g/mol. The second-order valence-electron chi connectivity index (χ2n) is 6.72. The van der Waals surface area contributed by atoms with E-state index in [4.69, 9.17) is 0 Å². The molecule has 0 saturated heterocycles. The largest absolute Gasteiger partial charge is 0.265 e. The molecule has 0 saturated carbocycles. The van der Waals surface area contributed by atoms with Crippen LogP contribution in [0.15, 0.2) is 73.3 Å². The standard InChI is InChI=1S/C22H12N6S2/c1-3-17(21-19(25-29-27-21)15(1)13-5-9-23-10-6-13)18-4-2-16(14-7-11-24-12-8-14)20-22(18)28-30-26-20/h1-12H. The molecule has 0 atom stereocenters. The van der Waals surface area contributed by atoms with Gasteiger partial charge in [-0.25, -0.2) is 0 Å². The zero-order chi connectivity index (χ0) is 19.9. The molecule has 0 aliphatic carbocycles. The number of hydrogen-bond donors (Lipinski definition) is 0. The minimum Gasteiger partial charge on any atom is -0.265 e. The fourth-order valence-corrected chi connectivity index (χ4v) is 4.84. The summed E-state index contributed by atoms with van der Waals surface area (Å²) in [5.41, 5.74) is 9.78. The van der Waals surface area contributed by atoms with E-state index in [0.29, 0.717) is 0 Å². The van der Waals surface area contributed by atoms with Crippen molar-refractivity contribution in [3.05, 3.63) is 73.3 Å². The van der Waals surface area contributed by atoms with Gasteiger partial charge in [-0.1, -0.05) is 24.3 Å². The van der Waals surface area contributed by atoms with E-state index in [2.05, 4.69) is 51.7 Å². The summed E-state index contributed by atoms with van der Waals surface area (Å²) < 4.78 is 18.4. The van der Waals surface area contributed by atoms with Crippen LogP contribution in [0.3, 0.4) is 0 Å². The maximum atomic E-state index is 4.61. The van der Waals surface area contributed by atoms with E-state index < -0.39 is 0 Å². The van der Waals surface area contributed by atoms with Crippen LogP contribution < -0.4 is 0 Å². The third-order valence-electron chi connectivity index (χ3n) is 5.10. The summed E-state index contributed by atoms with van der Waals surface area (Å²) in [6.45, 7) is 0. The Morgan fingerprint density at radius 2 is 0.733 bits per heavy atom. The van der Waals surface area contributed by atoms with E-state index in [1.807, 2.05) is 24.3 Å². The Labute approximate surface area is 179 Å². The molecule has 4 heterocycles. The lowest BCUT2D eigenvalue weighted by molar-refractivity contribution is 1.33. The van der Waals surface area contributed by atoms with Gasteiger partial charge in [-0.15, -0.1) is 0 Å². The van der Waals surface area contributed by atoms with Gasteiger partial charge in [0.15, 0.2) is 0 Å². The molecule has 0 radical (unpaired) electrons. The van der Waals surface area contributed by atoms with E-state index in [-0.39, 0.29) is 0 Å². The van der Waals surface area contributed by atoms with Gasteiger partial charge in [0.1, 0.15) is 22.1 Å². The molecule has 2 aromatic carbocycles. The van der Waals surface area contributed by atoms with Crippen molar-refractivity contribution in [2.45, 2.75) is 0 Å². The van der Waals surface area contributed by atoms with Gasteiger partial charge >= 0.3 is 0 Å². The van der Waals surface area contributed by atoms with Crippen LogP contribution in [0.4, 0.5) is 0 Å². The Morgan fingerprint density at radius 1 is 0.400 bits per heavy atom. The molecule has 0 aliphatic rings. The number of benzene rings is 2. The summed E-state index contributed by atoms with van der Waals surface area (Å²) in [5, 5.41) is 0. The van der Waals surface area contributed by atoms with Crippen molar-refractivity contribution >= 4 is 45.5 Å². The first-order chi connectivity index (χ1) is 14.9. The fraction of sp³-hybridized carbons (Fsp3) is 0. The topological polar surface area (TPSA) is 77.3 Å². The third-order valence-corrected chi connectivity index (χ3v) is 6.16. The molecule has 0 fully saturated rings. The van der Waals surface area contributed by atoms with Crippen LogP contribution >= 0.6 is 23.5 Å². The summed E-state index contributed by atoms with van der Waals surface area (Å²) in [6.07, 6.45) is 7.16. The summed E-state index contributed by atoms with van der Waals surface area (Å²) in [6, 6.07) is 16.3. The number of nitrogens with zero attached hydrogens (tertiary/aromatic N) is 6. The molecule has 0 bridgehead atoms. The molecule has 0 aliphatic heterocycles. The van der Waals surface area contributed by atoms with Gasteiger partial charge in [-0.2, -0.15) is 17.5 Å². The van der Waals surface area contributed by atoms with Gasteiger partial charge in [0.2, 0.25) is 0 Å². The van der Waals surface area contributed by atoms with E-state index >= 15 is 0 Å². The third kappa shape index (κ3) is 2.69. The quantitative estimate of drug-likeness (QED) is 0.374. The highest BCUT2D eigenvalue weighted by Crippen LogP contribution is 2.39. The first kappa shape index (κ1) is 17.3. The first-order valence-corrected chi connectivity index (χ1v) is 10.7. The highest BCUT2D eigenvalue weighted by molar-refractivity contribution is 7.00. The Bertz CT molecular complexity index is 1380. The molecule has 6 aromatic rings. The number of rotatable bonds is 3. The van der Waals surface area contributed by atoms with E-state index in [1.54, 1.807) is 24.8 Å². The SMILES string of the molecule is c1cc(-c2ccc(-c3ccc(-c4ccncc4)c4nsnc34)c3nsnc23)ccn1. The van der Waals surface area contributed by atoms with Crippen molar-refractivity contribution in [2.24, 2.45) is 0 Å². The minimum atomic E-state index is 0.875. The summed E-state index contributed by atoms with van der Waals surface area (Å²) >= 11 is 2.44. The molecule has 30 heavy (non-hydrogen) atoms. The van der Waals surface area contributed by atoms with E-state index in [0.717, 1.165) is 55.4 Å². The predicted octanol–water partition coefficient (Wildman–Crippen LogP) is 5.49. The molecule has 0 N–H and O–H groups in total. The van der Waals surface area contributed by atoms with Gasteiger partial charge in [-0.05, 0) is 35.4 Å². The van der Waals surface area contributed by atoms with Crippen molar-refractivity contribution < 1.29 is 0 Å². The average Bonchev–Trinajstić information content (AvgIpc) is 3.49. The maximum absolute atomic E-state index is 4.61. The second-order valence-corrected chi connectivity index (χ2v) is 7.77. The average molecular weight is 425 g/mol. The maximum Gasteiger partial charge on any atom is 0.113 e. The van der Waals surface area contributed by atoms with Crippen molar-refractivity contribution in [1.29, 1.82) is 0 Å². The van der Waals surface area contributed by atoms with Crippen LogP contribution in [0.25, 0.3) is 55.4 Å². The Balaban J connectivity index is 1.57. The van der Waals surface area contributed by atoms with Crippen molar-refractivity contribution in [3.8, 4) is 33.4 Å². The van der Waals surface area contributed by atoms with Crippen molar-refractivity contribution in [3.63, 3.8) is 0 Å². The van der Waals surface area contributed by atoms with Crippen LogP contribution in [-0.2, 0) is 0 Å². The van der Waals surface area contributed by atoms with Crippen molar-refractivity contribution in [1.82, 2.24) is 27.5 Å². The lowest BCUT2D eigenvalue weighted by Crippen LogP contribution is -1.89. The first-order valence-electron chi connectivity index (χ1n) is 9.22. The highest BCUT2D eigenvalue weighted by atomic mass is 32.1. The van der Waals surface area contributed by atoms with Crippen LogP contribution in [-0.4, -0.2) is 27.5 Å². The summed E-state index contributed by atoms with van der Waals surface area (Å²) in [4.78, 5) is 8.23. The Hall–Kier alpha value is -3.62. The predicted molar refractivity (Wildman–Crippen MR) is 120 cm³/mol. The number of aromatic nitrogens is 6. The molecule has 0 amide bonds. The van der Waals surface area contributed by atoms with Gasteiger partial charge in [-0.3, -0.25) is 9.97 Å². The normalized spacial score (nSPS) is 11.3. The molecular weight excluding hydrogens is 412 g/mol. The van der Waals surface area contributed by atoms with Crippen LogP contribution in [0, 0.1) is 0 Å². The van der Waals surface area contributed by atoms with Gasteiger partial charge in [0, 0.05) is 47.0 Å². The van der Waals surface area contributed by atoms with Crippen LogP contribution in [0.5, 0.6) is 0 Å². The lowest BCUT2D eigenvalue weighted by Gasteiger charge is -2.09. The molecule has 0 unspecified atom stereocenters. The van der Waals surface area contributed by atoms with Crippen LogP contribution in [0.2, 0.25) is 0 Å². The molecule has 142 valence electrons. The van der Waals surface area contributed by atoms with Gasteiger partial charge in [0.05, 0.1) is 23.5 Å². The van der Waals surface area contributed by atoms with Crippen LogP contribution in [0.1, 0.15) is 0 Å². The van der Waals surface area contributed by atoms with Crippen molar-refractivity contribution in [2.75, 3.05) is 0 Å². The number of hydrogen-bond acceptors (Lipinski definition) is 8. The second kappa shape index (κ2) is 7.01. The zero-order valence-electron chi connectivity index (χ0n) is 15.4. The number of fused-ring (bicyclic) bond motifs is 2. The molecule has 8 heteroatoms. The minimum absolute atomic E-state index is 0.875. The fourth-order valence-electron chi connectivity index (χ4n) is 3.70. The van der Waals surface area contributed by atoms with Gasteiger partial charge < -0.3 is 0 Å². The molecular formula is C22H12N6S2. The molecule has 4 aromatic heterocycles. The highest BCUT2D eigenvalue weighted by Gasteiger charge is 2.18. The molecule has 0 spiro atoms. The molecule has 6 rings (SSSR count). The Kier molecular flexibility index (Phi) is 4.03. The summed E-state index contributed by atoms with van der Waals surface area (Å²) in [5.74, 6) is 0. The number of pyridine rings is 2. The zero-order valence-corrected chi connectivity index (χ0v) is 17.1.